The van der Waals surface area contributed by atoms with Crippen LogP contribution in [0.1, 0.15) is 38.9 Å². The van der Waals surface area contributed by atoms with E-state index in [9.17, 15) is 5.11 Å². The van der Waals surface area contributed by atoms with Crippen molar-refractivity contribution in [1.29, 1.82) is 0 Å². The first kappa shape index (κ1) is 21.7. The lowest BCUT2D eigenvalue weighted by atomic mass is 9.57. The van der Waals surface area contributed by atoms with Crippen molar-refractivity contribution in [1.82, 2.24) is 10.6 Å². The number of aliphatic hydroxyl groups is 1. The largest absolute Gasteiger partial charge is 0.386 e. The Kier molecular flexibility index (Phi) is 7.59. The van der Waals surface area contributed by atoms with E-state index in [0.717, 1.165) is 31.1 Å². The molecule has 1 aliphatic carbocycles. The lowest BCUT2D eigenvalue weighted by molar-refractivity contribution is -0.106. The minimum Gasteiger partial charge on any atom is -0.386 e. The average molecular weight is 494 g/mol. The number of aliphatic imine (C=N–C) groups is 1. The van der Waals surface area contributed by atoms with Crippen LogP contribution in [0.5, 0.6) is 0 Å². The molecule has 26 heavy (non-hydrogen) atoms. The van der Waals surface area contributed by atoms with Crippen LogP contribution in [-0.2, 0) is 4.74 Å². The van der Waals surface area contributed by atoms with Crippen molar-refractivity contribution in [2.45, 2.75) is 45.4 Å². The number of fused-ring (bicyclic) bond motifs is 1. The van der Waals surface area contributed by atoms with Crippen LogP contribution < -0.4 is 10.6 Å². The van der Waals surface area contributed by atoms with Gasteiger partial charge >= 0.3 is 0 Å². The summed E-state index contributed by atoms with van der Waals surface area (Å²) < 4.78 is 5.85. The molecule has 146 valence electrons. The van der Waals surface area contributed by atoms with Crippen molar-refractivity contribution in [2.24, 2.45) is 16.3 Å². The van der Waals surface area contributed by atoms with E-state index in [0.29, 0.717) is 23.1 Å². The van der Waals surface area contributed by atoms with Gasteiger partial charge in [0.25, 0.3) is 0 Å². The molecule has 2 fully saturated rings. The second-order valence-corrected chi connectivity index (χ2v) is 7.91. The molecule has 4 atom stereocenters. The molecule has 3 N–H and O–H groups in total. The number of hydrogen-bond acceptors (Lipinski definition) is 3. The van der Waals surface area contributed by atoms with Crippen LogP contribution >= 0.6 is 35.6 Å². The number of rotatable bonds is 5. The fraction of sp³-hybridized carbons (Fsp3) is 0.632. The molecule has 1 heterocycles. The zero-order valence-electron chi connectivity index (χ0n) is 15.5. The van der Waals surface area contributed by atoms with Gasteiger partial charge in [0.2, 0.25) is 0 Å². The molecule has 5 nitrogen and oxygen atoms in total. The third kappa shape index (κ3) is 4.46. The quantitative estimate of drug-likeness (QED) is 0.334. The maximum absolute atomic E-state index is 10.4. The van der Waals surface area contributed by atoms with Gasteiger partial charge in [0.15, 0.2) is 5.96 Å². The second kappa shape index (κ2) is 9.08. The SMILES string of the molecule is CCNC(=NCC(O)c1cccc(Cl)c1)NC1C2CCOC2C1(C)C.I. The second-order valence-electron chi connectivity index (χ2n) is 7.48. The van der Waals surface area contributed by atoms with Crippen molar-refractivity contribution < 1.29 is 9.84 Å². The number of nitrogens with zero attached hydrogens (tertiary/aromatic N) is 1. The standard InChI is InChI=1S/C19H28ClN3O2.HI/c1-4-21-18(22-11-15(24)12-6-5-7-13(20)10-12)23-16-14-8-9-25-17(14)19(16,2)3;/h5-7,10,14-17,24H,4,8-9,11H2,1-3H3,(H2,21,22,23);1H. The molecule has 1 aromatic carbocycles. The third-order valence-corrected chi connectivity index (χ3v) is 5.63. The Morgan fingerprint density at radius 1 is 1.46 bits per heavy atom. The van der Waals surface area contributed by atoms with Crippen LogP contribution in [0, 0.1) is 11.3 Å². The molecule has 1 aromatic rings. The molecule has 3 rings (SSSR count). The van der Waals surface area contributed by atoms with Crippen molar-refractivity contribution >= 4 is 41.5 Å². The molecule has 0 amide bonds. The van der Waals surface area contributed by atoms with Gasteiger partial charge in [-0.3, -0.25) is 4.99 Å². The Hall–Kier alpha value is -0.570. The number of nitrogens with one attached hydrogen (secondary N) is 2. The summed E-state index contributed by atoms with van der Waals surface area (Å²) in [5.41, 5.74) is 0.864. The molecule has 0 spiro atoms. The molecule has 0 bridgehead atoms. The number of hydrogen-bond donors (Lipinski definition) is 3. The Labute approximate surface area is 178 Å². The Bertz CT molecular complexity index is 641. The first-order valence-corrected chi connectivity index (χ1v) is 9.41. The van der Waals surface area contributed by atoms with Crippen molar-refractivity contribution in [2.75, 3.05) is 19.7 Å². The van der Waals surface area contributed by atoms with Gasteiger partial charge in [-0.15, -0.1) is 24.0 Å². The fourth-order valence-corrected chi connectivity index (χ4v) is 4.28. The van der Waals surface area contributed by atoms with E-state index in [1.54, 1.807) is 12.1 Å². The number of aliphatic hydroxyl groups excluding tert-OH is 1. The average Bonchev–Trinajstić information content (AvgIpc) is 3.04. The first-order valence-electron chi connectivity index (χ1n) is 9.03. The van der Waals surface area contributed by atoms with E-state index in [1.807, 2.05) is 19.1 Å². The number of ether oxygens (including phenoxy) is 1. The molecule has 1 saturated heterocycles. The van der Waals surface area contributed by atoms with E-state index in [2.05, 4.69) is 29.5 Å². The summed E-state index contributed by atoms with van der Waals surface area (Å²) in [5.74, 6) is 1.28. The highest BCUT2D eigenvalue weighted by atomic mass is 127. The van der Waals surface area contributed by atoms with Crippen LogP contribution in [0.25, 0.3) is 0 Å². The molecule has 4 unspecified atom stereocenters. The predicted molar refractivity (Wildman–Crippen MR) is 116 cm³/mol. The van der Waals surface area contributed by atoms with Crippen molar-refractivity contribution in [3.05, 3.63) is 34.9 Å². The van der Waals surface area contributed by atoms with Crippen LogP contribution in [-0.4, -0.2) is 42.9 Å². The van der Waals surface area contributed by atoms with E-state index in [1.165, 1.54) is 0 Å². The molecule has 2 aliphatic rings. The summed E-state index contributed by atoms with van der Waals surface area (Å²) in [6.07, 6.45) is 0.757. The fourth-order valence-electron chi connectivity index (χ4n) is 4.08. The van der Waals surface area contributed by atoms with Gasteiger partial charge in [0.1, 0.15) is 0 Å². The number of halogens is 2. The van der Waals surface area contributed by atoms with Gasteiger partial charge in [-0.25, -0.2) is 0 Å². The maximum Gasteiger partial charge on any atom is 0.191 e. The lowest BCUT2D eigenvalue weighted by Crippen LogP contribution is -2.68. The molecule has 1 saturated carbocycles. The zero-order valence-corrected chi connectivity index (χ0v) is 18.6. The van der Waals surface area contributed by atoms with Gasteiger partial charge in [-0.1, -0.05) is 37.6 Å². The lowest BCUT2D eigenvalue weighted by Gasteiger charge is -2.54. The van der Waals surface area contributed by atoms with E-state index < -0.39 is 6.10 Å². The van der Waals surface area contributed by atoms with Crippen LogP contribution in [0.2, 0.25) is 5.02 Å². The minimum atomic E-state index is -0.675. The normalized spacial score (nSPS) is 27.7. The zero-order chi connectivity index (χ0) is 18.0. The van der Waals surface area contributed by atoms with Crippen molar-refractivity contribution in [3.8, 4) is 0 Å². The van der Waals surface area contributed by atoms with Crippen molar-refractivity contribution in [3.63, 3.8) is 0 Å². The van der Waals surface area contributed by atoms with E-state index in [-0.39, 0.29) is 35.9 Å². The number of benzene rings is 1. The highest BCUT2D eigenvalue weighted by Crippen LogP contribution is 2.52. The summed E-state index contributed by atoms with van der Waals surface area (Å²) in [5, 5.41) is 17.8. The summed E-state index contributed by atoms with van der Waals surface area (Å²) in [6.45, 7) is 8.42. The topological polar surface area (TPSA) is 65.9 Å². The monoisotopic (exact) mass is 493 g/mol. The predicted octanol–water partition coefficient (Wildman–Crippen LogP) is 3.36. The third-order valence-electron chi connectivity index (χ3n) is 5.39. The Morgan fingerprint density at radius 3 is 2.92 bits per heavy atom. The van der Waals surface area contributed by atoms with Gasteiger partial charge in [-0.05, 0) is 31.0 Å². The van der Waals surface area contributed by atoms with Crippen LogP contribution in [0.3, 0.4) is 0 Å². The van der Waals surface area contributed by atoms with Crippen LogP contribution in [0.15, 0.2) is 29.3 Å². The van der Waals surface area contributed by atoms with Gasteiger partial charge in [0, 0.05) is 35.5 Å². The molecule has 0 radical (unpaired) electrons. The summed E-state index contributed by atoms with van der Waals surface area (Å²) in [4.78, 5) is 4.58. The first-order chi connectivity index (χ1) is 11.9. The molecule has 1 aliphatic heterocycles. The van der Waals surface area contributed by atoms with Gasteiger partial charge in [-0.2, -0.15) is 0 Å². The molecular weight excluding hydrogens is 465 g/mol. The minimum absolute atomic E-state index is 0. The van der Waals surface area contributed by atoms with Gasteiger partial charge in [0.05, 0.1) is 18.8 Å². The Morgan fingerprint density at radius 2 is 2.23 bits per heavy atom. The van der Waals surface area contributed by atoms with Gasteiger partial charge < -0.3 is 20.5 Å². The molecule has 7 heteroatoms. The van der Waals surface area contributed by atoms with E-state index >= 15 is 0 Å². The Balaban J connectivity index is 0.00000243. The summed E-state index contributed by atoms with van der Waals surface area (Å²) in [7, 11) is 0. The highest BCUT2D eigenvalue weighted by Gasteiger charge is 2.59. The highest BCUT2D eigenvalue weighted by molar-refractivity contribution is 14.0. The number of guanidine groups is 1. The molecule has 0 aromatic heterocycles. The molecular formula is C19H29ClIN3O2. The summed E-state index contributed by atoms with van der Waals surface area (Å²) in [6, 6.07) is 7.61. The maximum atomic E-state index is 10.4. The summed E-state index contributed by atoms with van der Waals surface area (Å²) >= 11 is 6.00. The van der Waals surface area contributed by atoms with Crippen LogP contribution in [0.4, 0.5) is 0 Å². The smallest absolute Gasteiger partial charge is 0.191 e. The van der Waals surface area contributed by atoms with E-state index in [4.69, 9.17) is 16.3 Å².